The van der Waals surface area contributed by atoms with E-state index in [1.807, 2.05) is 0 Å². The molecule has 5 nitrogen and oxygen atoms in total. The van der Waals surface area contributed by atoms with Gasteiger partial charge >= 0.3 is 0 Å². The van der Waals surface area contributed by atoms with Gasteiger partial charge in [0.15, 0.2) is 0 Å². The summed E-state index contributed by atoms with van der Waals surface area (Å²) >= 11 is 0. The van der Waals surface area contributed by atoms with E-state index in [9.17, 15) is 9.59 Å². The first-order chi connectivity index (χ1) is 10.6. The van der Waals surface area contributed by atoms with Crippen LogP contribution in [0.1, 0.15) is 36.5 Å². The molecule has 3 N–H and O–H groups in total. The van der Waals surface area contributed by atoms with Crippen LogP contribution < -0.4 is 16.0 Å². The molecule has 1 aromatic rings. The van der Waals surface area contributed by atoms with Gasteiger partial charge in [0.25, 0.3) is 5.91 Å². The predicted molar refractivity (Wildman–Crippen MR) is 85.7 cm³/mol. The summed E-state index contributed by atoms with van der Waals surface area (Å²) in [6.45, 7) is 3.78. The summed E-state index contributed by atoms with van der Waals surface area (Å²) in [4.78, 5) is 23.9. The smallest absolute Gasteiger partial charge is 0.251 e. The first-order valence-electron chi connectivity index (χ1n) is 8.06. The molecule has 1 aliphatic heterocycles. The Morgan fingerprint density at radius 2 is 2.00 bits per heavy atom. The molecule has 3 unspecified atom stereocenters. The van der Waals surface area contributed by atoms with Gasteiger partial charge in [-0.15, -0.1) is 0 Å². The lowest BCUT2D eigenvalue weighted by Crippen LogP contribution is -2.37. The molecule has 1 saturated heterocycles. The Bertz CT molecular complexity index is 550. The second-order valence-electron chi connectivity index (χ2n) is 6.39. The van der Waals surface area contributed by atoms with Gasteiger partial charge in [-0.25, -0.2) is 0 Å². The second-order valence-corrected chi connectivity index (χ2v) is 6.39. The van der Waals surface area contributed by atoms with Gasteiger partial charge in [-0.05, 0) is 56.0 Å². The molecule has 3 atom stereocenters. The molecular formula is C17H23N3O2. The third-order valence-corrected chi connectivity index (χ3v) is 4.53. The molecule has 1 aromatic carbocycles. The highest BCUT2D eigenvalue weighted by atomic mass is 16.2. The summed E-state index contributed by atoms with van der Waals surface area (Å²) in [7, 11) is 0. The molecule has 2 amide bonds. The first kappa shape index (κ1) is 15.0. The molecule has 2 aliphatic rings. The first-order valence-corrected chi connectivity index (χ1v) is 8.06. The van der Waals surface area contributed by atoms with Gasteiger partial charge < -0.3 is 16.0 Å². The highest BCUT2D eigenvalue weighted by Crippen LogP contribution is 2.38. The monoisotopic (exact) mass is 301 g/mol. The average molecular weight is 301 g/mol. The Morgan fingerprint density at radius 3 is 2.59 bits per heavy atom. The summed E-state index contributed by atoms with van der Waals surface area (Å²) in [6, 6.07) is 7.47. The fraction of sp³-hybridized carbons (Fsp3) is 0.529. The number of anilines is 1. The topological polar surface area (TPSA) is 70.2 Å². The number of nitrogens with one attached hydrogen (secondary N) is 3. The fourth-order valence-corrected chi connectivity index (χ4v) is 2.88. The number of carbonyl (C=O) groups excluding carboxylic acids is 2. The summed E-state index contributed by atoms with van der Waals surface area (Å²) < 4.78 is 0. The highest BCUT2D eigenvalue weighted by molar-refractivity contribution is 5.96. The van der Waals surface area contributed by atoms with Gasteiger partial charge in [-0.1, -0.05) is 6.92 Å². The molecule has 1 heterocycles. The van der Waals surface area contributed by atoms with Gasteiger partial charge in [0.05, 0.1) is 0 Å². The van der Waals surface area contributed by atoms with Crippen LogP contribution in [0.3, 0.4) is 0 Å². The van der Waals surface area contributed by atoms with Crippen molar-refractivity contribution in [3.8, 4) is 0 Å². The quantitative estimate of drug-likeness (QED) is 0.776. The van der Waals surface area contributed by atoms with Gasteiger partial charge in [0.2, 0.25) is 5.91 Å². The molecule has 1 saturated carbocycles. The van der Waals surface area contributed by atoms with Crippen molar-refractivity contribution in [3.05, 3.63) is 29.8 Å². The molecule has 0 spiro atoms. The van der Waals surface area contributed by atoms with Crippen LogP contribution >= 0.6 is 0 Å². The maximum Gasteiger partial charge on any atom is 0.251 e. The van der Waals surface area contributed by atoms with Crippen LogP contribution in [-0.2, 0) is 4.79 Å². The van der Waals surface area contributed by atoms with E-state index in [1.165, 1.54) is 6.42 Å². The summed E-state index contributed by atoms with van der Waals surface area (Å²) in [6.07, 6.45) is 3.26. The van der Waals surface area contributed by atoms with E-state index in [2.05, 4.69) is 22.9 Å². The molecule has 3 rings (SSSR count). The van der Waals surface area contributed by atoms with Crippen LogP contribution in [0, 0.1) is 11.8 Å². The average Bonchev–Trinajstić information content (AvgIpc) is 3.03. The zero-order chi connectivity index (χ0) is 15.5. The van der Waals surface area contributed by atoms with Gasteiger partial charge in [-0.3, -0.25) is 9.59 Å². The van der Waals surface area contributed by atoms with Crippen LogP contribution in [0.4, 0.5) is 5.69 Å². The lowest BCUT2D eigenvalue weighted by atomic mass is 10.1. The molecular weight excluding hydrogens is 278 g/mol. The minimum atomic E-state index is -0.0672. The third kappa shape index (κ3) is 3.65. The Kier molecular flexibility index (Phi) is 4.43. The van der Waals surface area contributed by atoms with Crippen LogP contribution in [0.25, 0.3) is 0 Å². The lowest BCUT2D eigenvalue weighted by Gasteiger charge is -2.12. The normalized spacial score (nSPS) is 26.5. The SMILES string of the molecule is CC1CC1C(=O)Nc1ccc(C(=O)NCC2CCCN2)cc1. The molecule has 0 bridgehead atoms. The van der Waals surface area contributed by atoms with E-state index < -0.39 is 0 Å². The Hall–Kier alpha value is -1.88. The fourth-order valence-electron chi connectivity index (χ4n) is 2.88. The maximum atomic E-state index is 12.1. The molecule has 2 fully saturated rings. The van der Waals surface area contributed by atoms with Gasteiger partial charge in [0, 0.05) is 29.8 Å². The number of hydrogen-bond acceptors (Lipinski definition) is 3. The summed E-state index contributed by atoms with van der Waals surface area (Å²) in [5, 5.41) is 9.19. The molecule has 5 heteroatoms. The van der Waals surface area contributed by atoms with E-state index in [4.69, 9.17) is 0 Å². The van der Waals surface area contributed by atoms with Crippen molar-refractivity contribution in [2.45, 2.75) is 32.2 Å². The minimum absolute atomic E-state index is 0.0672. The van der Waals surface area contributed by atoms with Gasteiger partial charge in [-0.2, -0.15) is 0 Å². The maximum absolute atomic E-state index is 12.1. The Morgan fingerprint density at radius 1 is 1.27 bits per heavy atom. The highest BCUT2D eigenvalue weighted by Gasteiger charge is 2.39. The van der Waals surface area contributed by atoms with E-state index in [-0.39, 0.29) is 17.7 Å². The van der Waals surface area contributed by atoms with Crippen LogP contribution in [0.2, 0.25) is 0 Å². The van der Waals surface area contributed by atoms with Crippen molar-refractivity contribution >= 4 is 17.5 Å². The van der Waals surface area contributed by atoms with Crippen molar-refractivity contribution < 1.29 is 9.59 Å². The van der Waals surface area contributed by atoms with Crippen molar-refractivity contribution in [2.75, 3.05) is 18.4 Å². The zero-order valence-electron chi connectivity index (χ0n) is 12.9. The lowest BCUT2D eigenvalue weighted by molar-refractivity contribution is -0.117. The van der Waals surface area contributed by atoms with Crippen molar-refractivity contribution in [1.82, 2.24) is 10.6 Å². The molecule has 1 aliphatic carbocycles. The molecule has 0 radical (unpaired) electrons. The van der Waals surface area contributed by atoms with Crippen LogP contribution in [0.15, 0.2) is 24.3 Å². The predicted octanol–water partition coefficient (Wildman–Crippen LogP) is 1.76. The Balaban J connectivity index is 1.49. The second kappa shape index (κ2) is 6.48. The van der Waals surface area contributed by atoms with E-state index in [1.54, 1.807) is 24.3 Å². The van der Waals surface area contributed by atoms with Gasteiger partial charge in [0.1, 0.15) is 0 Å². The van der Waals surface area contributed by atoms with Crippen molar-refractivity contribution in [3.63, 3.8) is 0 Å². The number of carbonyl (C=O) groups is 2. The zero-order valence-corrected chi connectivity index (χ0v) is 12.9. The van der Waals surface area contributed by atoms with Crippen LogP contribution in [0.5, 0.6) is 0 Å². The molecule has 22 heavy (non-hydrogen) atoms. The number of rotatable bonds is 5. The largest absolute Gasteiger partial charge is 0.350 e. The standard InChI is InChI=1S/C17H23N3O2/c1-11-9-15(11)17(22)20-13-6-4-12(5-7-13)16(21)19-10-14-3-2-8-18-14/h4-7,11,14-15,18H,2-3,8-10H2,1H3,(H,19,21)(H,20,22). The number of amides is 2. The van der Waals surface area contributed by atoms with Crippen molar-refractivity contribution in [2.24, 2.45) is 11.8 Å². The van der Waals surface area contributed by atoms with E-state index >= 15 is 0 Å². The van der Waals surface area contributed by atoms with Crippen LogP contribution in [-0.4, -0.2) is 30.9 Å². The summed E-state index contributed by atoms with van der Waals surface area (Å²) in [5.74, 6) is 0.663. The van der Waals surface area contributed by atoms with Crippen molar-refractivity contribution in [1.29, 1.82) is 0 Å². The Labute approximate surface area is 130 Å². The minimum Gasteiger partial charge on any atom is -0.350 e. The number of benzene rings is 1. The van der Waals surface area contributed by atoms with E-state index in [0.717, 1.165) is 25.1 Å². The third-order valence-electron chi connectivity index (χ3n) is 4.53. The van der Waals surface area contributed by atoms with E-state index in [0.29, 0.717) is 24.1 Å². The summed E-state index contributed by atoms with van der Waals surface area (Å²) in [5.41, 5.74) is 1.37. The molecule has 0 aromatic heterocycles. The molecule has 118 valence electrons. The number of hydrogen-bond donors (Lipinski definition) is 3.